The molecular weight excluding hydrogens is 344 g/mol. The molecule has 0 aliphatic carbocycles. The lowest BCUT2D eigenvalue weighted by Gasteiger charge is -2.23. The average Bonchev–Trinajstić information content (AvgIpc) is 3.15. The lowest BCUT2D eigenvalue weighted by Crippen LogP contribution is -2.33. The van der Waals surface area contributed by atoms with Crippen molar-refractivity contribution >= 4 is 21.1 Å². The molecule has 1 unspecified atom stereocenters. The van der Waals surface area contributed by atoms with Gasteiger partial charge in [0.05, 0.1) is 22.0 Å². The maximum absolute atomic E-state index is 12.8. The lowest BCUT2D eigenvalue weighted by molar-refractivity contribution is 0.400. The quantitative estimate of drug-likeness (QED) is 0.721. The van der Waals surface area contributed by atoms with Crippen LogP contribution in [0.25, 0.3) is 11.0 Å². The molecule has 0 amide bonds. The Hall–Kier alpha value is -2.46. The molecule has 132 valence electrons. The Balaban J connectivity index is 1.73. The molecule has 1 aliphatic rings. The zero-order valence-electron chi connectivity index (χ0n) is 13.9. The molecule has 0 radical (unpaired) electrons. The summed E-state index contributed by atoms with van der Waals surface area (Å²) in [5.41, 5.74) is 1.06. The molecule has 1 N–H and O–H groups in total. The molecule has 9 nitrogen and oxygen atoms in total. The third-order valence-electron chi connectivity index (χ3n) is 4.67. The molecule has 3 heterocycles. The van der Waals surface area contributed by atoms with E-state index in [1.54, 1.807) is 24.8 Å². The molecule has 2 aromatic heterocycles. The van der Waals surface area contributed by atoms with Gasteiger partial charge in [-0.3, -0.25) is 9.13 Å². The standard InChI is InChI=1S/C15H18N6O3S/c1-19-12-6-5-10(8-13(12)20(2)15(19)22)25(23,24)18-11-4-3-7-21-14(11)16-9-17-21/h5-6,8-9,11,18H,3-4,7H2,1-2H3. The lowest BCUT2D eigenvalue weighted by atomic mass is 10.1. The molecule has 4 rings (SSSR count). The van der Waals surface area contributed by atoms with Crippen LogP contribution in [0.4, 0.5) is 0 Å². The summed E-state index contributed by atoms with van der Waals surface area (Å²) in [5.74, 6) is 0.628. The van der Waals surface area contributed by atoms with Gasteiger partial charge >= 0.3 is 5.69 Å². The van der Waals surface area contributed by atoms with Crippen molar-refractivity contribution in [2.75, 3.05) is 0 Å². The van der Waals surface area contributed by atoms with Crippen LogP contribution in [-0.4, -0.2) is 32.3 Å². The highest BCUT2D eigenvalue weighted by Crippen LogP contribution is 2.25. The van der Waals surface area contributed by atoms with E-state index in [0.717, 1.165) is 13.0 Å². The number of aryl methyl sites for hydroxylation is 3. The Kier molecular flexibility index (Phi) is 3.55. The second kappa shape index (κ2) is 5.53. The van der Waals surface area contributed by atoms with E-state index in [-0.39, 0.29) is 10.6 Å². The third kappa shape index (κ3) is 2.48. The van der Waals surface area contributed by atoms with Crippen molar-refractivity contribution in [2.45, 2.75) is 30.3 Å². The number of hydrogen-bond donors (Lipinski definition) is 1. The molecular formula is C15H18N6O3S. The molecule has 0 fully saturated rings. The zero-order chi connectivity index (χ0) is 17.8. The van der Waals surface area contributed by atoms with Crippen molar-refractivity contribution in [3.05, 3.63) is 40.8 Å². The van der Waals surface area contributed by atoms with Gasteiger partial charge in [0, 0.05) is 20.6 Å². The summed E-state index contributed by atoms with van der Waals surface area (Å²) in [6.07, 6.45) is 2.94. The van der Waals surface area contributed by atoms with Crippen LogP contribution in [-0.2, 0) is 30.7 Å². The van der Waals surface area contributed by atoms with E-state index in [9.17, 15) is 13.2 Å². The number of hydrogen-bond acceptors (Lipinski definition) is 5. The summed E-state index contributed by atoms with van der Waals surface area (Å²) >= 11 is 0. The Labute approximate surface area is 144 Å². The maximum Gasteiger partial charge on any atom is 0.328 e. The molecule has 25 heavy (non-hydrogen) atoms. The van der Waals surface area contributed by atoms with Crippen LogP contribution in [0.2, 0.25) is 0 Å². The highest BCUT2D eigenvalue weighted by molar-refractivity contribution is 7.89. The minimum absolute atomic E-state index is 0.123. The van der Waals surface area contributed by atoms with Crippen LogP contribution in [0, 0.1) is 0 Å². The predicted molar refractivity (Wildman–Crippen MR) is 90.5 cm³/mol. The zero-order valence-corrected chi connectivity index (χ0v) is 14.7. The van der Waals surface area contributed by atoms with Gasteiger partial charge in [0.25, 0.3) is 0 Å². The minimum atomic E-state index is -3.75. The van der Waals surface area contributed by atoms with Gasteiger partial charge in [-0.1, -0.05) is 0 Å². The molecule has 1 atom stereocenters. The Bertz CT molecular complexity index is 1120. The third-order valence-corrected chi connectivity index (χ3v) is 6.14. The first-order valence-corrected chi connectivity index (χ1v) is 9.42. The number of sulfonamides is 1. The number of aromatic nitrogens is 5. The Morgan fingerprint density at radius 2 is 1.96 bits per heavy atom. The van der Waals surface area contributed by atoms with Crippen molar-refractivity contribution in [3.8, 4) is 0 Å². The van der Waals surface area contributed by atoms with Gasteiger partial charge in [0.2, 0.25) is 10.0 Å². The summed E-state index contributed by atoms with van der Waals surface area (Å²) in [4.78, 5) is 16.3. The van der Waals surface area contributed by atoms with Crippen LogP contribution >= 0.6 is 0 Å². The normalized spacial score (nSPS) is 17.8. The molecule has 0 saturated heterocycles. The van der Waals surface area contributed by atoms with E-state index in [1.165, 1.54) is 27.6 Å². The van der Waals surface area contributed by atoms with Crippen LogP contribution in [0.5, 0.6) is 0 Å². The molecule has 0 saturated carbocycles. The van der Waals surface area contributed by atoms with Gasteiger partial charge in [-0.15, -0.1) is 0 Å². The Morgan fingerprint density at radius 1 is 1.20 bits per heavy atom. The molecule has 0 spiro atoms. The van der Waals surface area contributed by atoms with Crippen LogP contribution in [0.15, 0.2) is 34.2 Å². The number of imidazole rings is 1. The van der Waals surface area contributed by atoms with Crippen molar-refractivity contribution in [1.82, 2.24) is 28.6 Å². The molecule has 1 aromatic carbocycles. The first kappa shape index (κ1) is 16.0. The average molecular weight is 362 g/mol. The van der Waals surface area contributed by atoms with E-state index in [1.807, 2.05) is 0 Å². The maximum atomic E-state index is 12.8. The largest absolute Gasteiger partial charge is 0.328 e. The molecule has 3 aromatic rings. The summed E-state index contributed by atoms with van der Waals surface area (Å²) in [5, 5.41) is 4.10. The van der Waals surface area contributed by atoms with Crippen LogP contribution < -0.4 is 10.4 Å². The smallest absolute Gasteiger partial charge is 0.295 e. The second-order valence-corrected chi connectivity index (χ2v) is 7.92. The van der Waals surface area contributed by atoms with E-state index in [0.29, 0.717) is 23.3 Å². The van der Waals surface area contributed by atoms with Crippen molar-refractivity contribution in [1.29, 1.82) is 0 Å². The number of nitrogens with one attached hydrogen (secondary N) is 1. The first-order valence-electron chi connectivity index (χ1n) is 7.94. The molecule has 0 bridgehead atoms. The monoisotopic (exact) mass is 362 g/mol. The van der Waals surface area contributed by atoms with E-state index in [4.69, 9.17) is 0 Å². The van der Waals surface area contributed by atoms with Gasteiger partial charge in [-0.2, -0.15) is 5.10 Å². The Morgan fingerprint density at radius 3 is 2.76 bits per heavy atom. The molecule has 1 aliphatic heterocycles. The summed E-state index contributed by atoms with van der Waals surface area (Å²) in [6.45, 7) is 0.742. The van der Waals surface area contributed by atoms with Crippen LogP contribution in [0.1, 0.15) is 24.7 Å². The second-order valence-electron chi connectivity index (χ2n) is 6.21. The van der Waals surface area contributed by atoms with Gasteiger partial charge in [-0.25, -0.2) is 27.6 Å². The topological polar surface area (TPSA) is 104 Å². The van der Waals surface area contributed by atoms with Crippen molar-refractivity contribution in [2.24, 2.45) is 14.1 Å². The first-order chi connectivity index (χ1) is 11.9. The number of fused-ring (bicyclic) bond motifs is 2. The number of benzene rings is 1. The van der Waals surface area contributed by atoms with Crippen molar-refractivity contribution in [3.63, 3.8) is 0 Å². The fourth-order valence-electron chi connectivity index (χ4n) is 3.31. The number of nitrogens with zero attached hydrogens (tertiary/aromatic N) is 5. The predicted octanol–water partition coefficient (Wildman–Crippen LogP) is 0.282. The fraction of sp³-hybridized carbons (Fsp3) is 0.400. The van der Waals surface area contributed by atoms with Crippen molar-refractivity contribution < 1.29 is 8.42 Å². The molecule has 10 heteroatoms. The van der Waals surface area contributed by atoms with Gasteiger partial charge < -0.3 is 0 Å². The van der Waals surface area contributed by atoms with E-state index >= 15 is 0 Å². The highest BCUT2D eigenvalue weighted by Gasteiger charge is 2.28. The van der Waals surface area contributed by atoms with Crippen LogP contribution in [0.3, 0.4) is 0 Å². The number of rotatable bonds is 3. The van der Waals surface area contributed by atoms with Gasteiger partial charge in [-0.05, 0) is 31.0 Å². The van der Waals surface area contributed by atoms with Gasteiger partial charge in [0.1, 0.15) is 12.2 Å². The fourth-order valence-corrected chi connectivity index (χ4v) is 4.56. The van der Waals surface area contributed by atoms with Gasteiger partial charge in [0.15, 0.2) is 0 Å². The summed E-state index contributed by atoms with van der Waals surface area (Å²) < 4.78 is 33.0. The minimum Gasteiger partial charge on any atom is -0.295 e. The van der Waals surface area contributed by atoms with E-state index in [2.05, 4.69) is 14.8 Å². The summed E-state index contributed by atoms with van der Waals surface area (Å²) in [7, 11) is -0.466. The SMILES string of the molecule is Cn1c(=O)n(C)c2cc(S(=O)(=O)NC3CCCn4ncnc43)ccc21. The van der Waals surface area contributed by atoms with E-state index < -0.39 is 16.1 Å². The summed E-state index contributed by atoms with van der Waals surface area (Å²) in [6, 6.07) is 4.27. The highest BCUT2D eigenvalue weighted by atomic mass is 32.2.